The molecular weight excluding hydrogens is 399 g/mol. The van der Waals surface area contributed by atoms with E-state index in [1.54, 1.807) is 25.1 Å². The summed E-state index contributed by atoms with van der Waals surface area (Å²) < 4.78 is 32.2. The van der Waals surface area contributed by atoms with Gasteiger partial charge in [0.2, 0.25) is 15.9 Å². The number of rotatable bonds is 6. The zero-order chi connectivity index (χ0) is 19.5. The summed E-state index contributed by atoms with van der Waals surface area (Å²) in [5.41, 5.74) is 1.21. The third kappa shape index (κ3) is 4.67. The number of halogens is 2. The Morgan fingerprint density at radius 1 is 1.15 bits per heavy atom. The second-order valence-electron chi connectivity index (χ2n) is 5.54. The summed E-state index contributed by atoms with van der Waals surface area (Å²) in [7, 11) is -2.51. The molecule has 0 bridgehead atoms. The van der Waals surface area contributed by atoms with Crippen LogP contribution in [0.1, 0.15) is 12.5 Å². The van der Waals surface area contributed by atoms with Crippen molar-refractivity contribution >= 4 is 44.8 Å². The lowest BCUT2D eigenvalue weighted by molar-refractivity contribution is -0.117. The highest BCUT2D eigenvalue weighted by atomic mass is 35.5. The molecule has 140 valence electrons. The number of ether oxygens (including phenoxy) is 1. The van der Waals surface area contributed by atoms with Crippen LogP contribution in [-0.4, -0.2) is 27.5 Å². The number of anilines is 1. The number of nitrogens with one attached hydrogen (secondary N) is 2. The molecule has 0 aliphatic carbocycles. The van der Waals surface area contributed by atoms with Crippen molar-refractivity contribution in [2.75, 3.05) is 12.4 Å². The van der Waals surface area contributed by atoms with Crippen LogP contribution in [0, 0.1) is 6.92 Å². The number of carbonyl (C=O) groups excluding carboxylic acids is 1. The Balaban J connectivity index is 2.14. The summed E-state index contributed by atoms with van der Waals surface area (Å²) in [6, 6.07) is 8.11. The van der Waals surface area contributed by atoms with Crippen molar-refractivity contribution in [3.8, 4) is 5.75 Å². The van der Waals surface area contributed by atoms with Crippen molar-refractivity contribution in [2.24, 2.45) is 0 Å². The molecule has 0 fully saturated rings. The molecule has 6 nitrogen and oxygen atoms in total. The van der Waals surface area contributed by atoms with Gasteiger partial charge in [0.25, 0.3) is 0 Å². The van der Waals surface area contributed by atoms with Gasteiger partial charge in [-0.05, 0) is 49.7 Å². The molecule has 0 unspecified atom stereocenters. The standard InChI is InChI=1S/C17H18Cl2N2O4S/c1-10-13(18)5-4-6-15(10)20-17(22)11(2)21-26(23,24)12-7-8-16(25-3)14(19)9-12/h4-9,11,21H,1-3H3,(H,20,22)/t11-/m0/s1. The van der Waals surface area contributed by atoms with Crippen LogP contribution >= 0.6 is 23.2 Å². The highest BCUT2D eigenvalue weighted by Crippen LogP contribution is 2.27. The maximum atomic E-state index is 12.5. The Kier molecular flexibility index (Phi) is 6.52. The first-order chi connectivity index (χ1) is 12.2. The highest BCUT2D eigenvalue weighted by Gasteiger charge is 2.23. The molecule has 0 aromatic heterocycles. The van der Waals surface area contributed by atoms with E-state index in [0.717, 1.165) is 0 Å². The second-order valence-corrected chi connectivity index (χ2v) is 8.07. The van der Waals surface area contributed by atoms with Gasteiger partial charge in [0.1, 0.15) is 5.75 Å². The molecule has 2 aromatic rings. The summed E-state index contributed by atoms with van der Waals surface area (Å²) in [6.45, 7) is 3.20. The van der Waals surface area contributed by atoms with E-state index in [1.165, 1.54) is 32.2 Å². The molecule has 26 heavy (non-hydrogen) atoms. The van der Waals surface area contributed by atoms with Crippen LogP contribution in [0.25, 0.3) is 0 Å². The number of hydrogen-bond acceptors (Lipinski definition) is 4. The van der Waals surface area contributed by atoms with Gasteiger partial charge in [-0.3, -0.25) is 4.79 Å². The molecule has 0 saturated heterocycles. The number of hydrogen-bond donors (Lipinski definition) is 2. The smallest absolute Gasteiger partial charge is 0.242 e. The molecular formula is C17H18Cl2N2O4S. The van der Waals surface area contributed by atoms with Crippen LogP contribution < -0.4 is 14.8 Å². The quantitative estimate of drug-likeness (QED) is 0.752. The third-order valence-corrected chi connectivity index (χ3v) is 5.93. The van der Waals surface area contributed by atoms with Gasteiger partial charge in [-0.2, -0.15) is 4.72 Å². The van der Waals surface area contributed by atoms with Crippen molar-refractivity contribution in [2.45, 2.75) is 24.8 Å². The molecule has 0 saturated carbocycles. The van der Waals surface area contributed by atoms with Gasteiger partial charge in [-0.15, -0.1) is 0 Å². The predicted molar refractivity (Wildman–Crippen MR) is 103 cm³/mol. The van der Waals surface area contributed by atoms with E-state index in [-0.39, 0.29) is 9.92 Å². The van der Waals surface area contributed by atoms with E-state index >= 15 is 0 Å². The highest BCUT2D eigenvalue weighted by molar-refractivity contribution is 7.89. The molecule has 9 heteroatoms. The average Bonchev–Trinajstić information content (AvgIpc) is 2.58. The topological polar surface area (TPSA) is 84.5 Å². The van der Waals surface area contributed by atoms with Crippen LogP contribution in [0.15, 0.2) is 41.3 Å². The predicted octanol–water partition coefficient (Wildman–Crippen LogP) is 3.62. The number of methoxy groups -OCH3 is 1. The maximum Gasteiger partial charge on any atom is 0.242 e. The summed E-state index contributed by atoms with van der Waals surface area (Å²) in [5.74, 6) is -0.161. The summed E-state index contributed by atoms with van der Waals surface area (Å²) >= 11 is 12.0. The minimum atomic E-state index is -3.94. The Morgan fingerprint density at radius 2 is 1.85 bits per heavy atom. The molecule has 2 aromatic carbocycles. The van der Waals surface area contributed by atoms with Gasteiger partial charge in [0.05, 0.1) is 23.1 Å². The van der Waals surface area contributed by atoms with Crippen LogP contribution in [0.5, 0.6) is 5.75 Å². The number of benzene rings is 2. The Hall–Kier alpha value is -1.80. The van der Waals surface area contributed by atoms with Crippen molar-refractivity contribution in [1.82, 2.24) is 4.72 Å². The van der Waals surface area contributed by atoms with E-state index in [0.29, 0.717) is 22.0 Å². The van der Waals surface area contributed by atoms with Crippen molar-refractivity contribution < 1.29 is 17.9 Å². The summed E-state index contributed by atoms with van der Waals surface area (Å²) in [5, 5.41) is 3.32. The minimum Gasteiger partial charge on any atom is -0.495 e. The summed E-state index contributed by atoms with van der Waals surface area (Å²) in [4.78, 5) is 12.3. The molecule has 0 aliphatic rings. The molecule has 1 amide bonds. The van der Waals surface area contributed by atoms with Gasteiger partial charge >= 0.3 is 0 Å². The second kappa shape index (κ2) is 8.26. The maximum absolute atomic E-state index is 12.5. The number of amides is 1. The van der Waals surface area contributed by atoms with E-state index in [1.807, 2.05) is 0 Å². The van der Waals surface area contributed by atoms with E-state index in [2.05, 4.69) is 10.0 Å². The van der Waals surface area contributed by atoms with Crippen LogP contribution in [-0.2, 0) is 14.8 Å². The minimum absolute atomic E-state index is 0.0677. The molecule has 1 atom stereocenters. The van der Waals surface area contributed by atoms with Crippen molar-refractivity contribution in [1.29, 1.82) is 0 Å². The average molecular weight is 417 g/mol. The first-order valence-corrected chi connectivity index (χ1v) is 9.81. The summed E-state index contributed by atoms with van der Waals surface area (Å²) in [6.07, 6.45) is 0. The lowest BCUT2D eigenvalue weighted by Gasteiger charge is -2.16. The molecule has 0 heterocycles. The largest absolute Gasteiger partial charge is 0.495 e. The normalized spacial score (nSPS) is 12.5. The van der Waals surface area contributed by atoms with Gasteiger partial charge < -0.3 is 10.1 Å². The number of carbonyl (C=O) groups is 1. The lowest BCUT2D eigenvalue weighted by Crippen LogP contribution is -2.41. The Bertz CT molecular complexity index is 932. The van der Waals surface area contributed by atoms with E-state index in [4.69, 9.17) is 27.9 Å². The number of sulfonamides is 1. The Morgan fingerprint density at radius 3 is 2.46 bits per heavy atom. The molecule has 2 N–H and O–H groups in total. The SMILES string of the molecule is COc1ccc(S(=O)(=O)N[C@@H](C)C(=O)Nc2cccc(Cl)c2C)cc1Cl. The Labute approximate surface area is 162 Å². The van der Waals surface area contributed by atoms with E-state index < -0.39 is 22.0 Å². The molecule has 0 spiro atoms. The van der Waals surface area contributed by atoms with Gasteiger partial charge in [-0.25, -0.2) is 8.42 Å². The fourth-order valence-electron chi connectivity index (χ4n) is 2.15. The molecule has 0 aliphatic heterocycles. The monoisotopic (exact) mass is 416 g/mol. The van der Waals surface area contributed by atoms with Crippen LogP contribution in [0.4, 0.5) is 5.69 Å². The zero-order valence-corrected chi connectivity index (χ0v) is 16.7. The van der Waals surface area contributed by atoms with Gasteiger partial charge in [0.15, 0.2) is 0 Å². The first-order valence-electron chi connectivity index (χ1n) is 7.57. The third-order valence-electron chi connectivity index (χ3n) is 3.68. The zero-order valence-electron chi connectivity index (χ0n) is 14.3. The molecule has 0 radical (unpaired) electrons. The van der Waals surface area contributed by atoms with Crippen molar-refractivity contribution in [3.05, 3.63) is 52.0 Å². The van der Waals surface area contributed by atoms with Gasteiger partial charge in [-0.1, -0.05) is 29.3 Å². The van der Waals surface area contributed by atoms with Gasteiger partial charge in [0, 0.05) is 10.7 Å². The fourth-order valence-corrected chi connectivity index (χ4v) is 3.88. The fraction of sp³-hybridized carbons (Fsp3) is 0.235. The van der Waals surface area contributed by atoms with Crippen LogP contribution in [0.3, 0.4) is 0 Å². The molecule has 2 rings (SSSR count). The lowest BCUT2D eigenvalue weighted by atomic mass is 10.2. The van der Waals surface area contributed by atoms with Crippen molar-refractivity contribution in [3.63, 3.8) is 0 Å². The van der Waals surface area contributed by atoms with Crippen LogP contribution in [0.2, 0.25) is 10.0 Å². The van der Waals surface area contributed by atoms with E-state index in [9.17, 15) is 13.2 Å². The first kappa shape index (κ1) is 20.5.